The van der Waals surface area contributed by atoms with Gasteiger partial charge in [-0.05, 0) is 40.6 Å². The van der Waals surface area contributed by atoms with Crippen molar-refractivity contribution in [3.8, 4) is 11.5 Å². The molecule has 2 nitrogen and oxygen atoms in total. The minimum Gasteiger partial charge on any atom is -0.496 e. The van der Waals surface area contributed by atoms with Gasteiger partial charge < -0.3 is 9.47 Å². The first-order valence-corrected chi connectivity index (χ1v) is 5.21. The van der Waals surface area contributed by atoms with Gasteiger partial charge >= 0.3 is 0 Å². The largest absolute Gasteiger partial charge is 0.496 e. The van der Waals surface area contributed by atoms with Crippen molar-refractivity contribution < 1.29 is 9.47 Å². The Labute approximate surface area is 92.4 Å². The smallest absolute Gasteiger partial charge is 0.135 e. The summed E-state index contributed by atoms with van der Waals surface area (Å²) in [5.41, 5.74) is 1.22. The molecular formula is C10H13IO2. The van der Waals surface area contributed by atoms with Crippen LogP contribution < -0.4 is 9.47 Å². The van der Waals surface area contributed by atoms with Crippen LogP contribution in [-0.2, 0) is 6.42 Å². The second-order valence-corrected chi connectivity index (χ2v) is 3.81. The van der Waals surface area contributed by atoms with Gasteiger partial charge in [0, 0.05) is 6.07 Å². The molecule has 0 heterocycles. The van der Waals surface area contributed by atoms with Crippen LogP contribution in [-0.4, -0.2) is 14.2 Å². The van der Waals surface area contributed by atoms with Gasteiger partial charge in [-0.25, -0.2) is 0 Å². The SMILES string of the molecule is CCc1cc(I)c(OC)cc1OC. The lowest BCUT2D eigenvalue weighted by Crippen LogP contribution is -1.94. The molecule has 72 valence electrons. The number of hydrogen-bond donors (Lipinski definition) is 0. The summed E-state index contributed by atoms with van der Waals surface area (Å²) in [6, 6.07) is 4.03. The van der Waals surface area contributed by atoms with E-state index < -0.39 is 0 Å². The summed E-state index contributed by atoms with van der Waals surface area (Å²) < 4.78 is 11.6. The summed E-state index contributed by atoms with van der Waals surface area (Å²) in [4.78, 5) is 0. The summed E-state index contributed by atoms with van der Waals surface area (Å²) in [6.45, 7) is 2.11. The Morgan fingerprint density at radius 3 is 2.23 bits per heavy atom. The van der Waals surface area contributed by atoms with Gasteiger partial charge in [-0.1, -0.05) is 6.92 Å². The maximum absolute atomic E-state index is 5.25. The molecule has 0 amide bonds. The molecule has 0 fully saturated rings. The average Bonchev–Trinajstić information content (AvgIpc) is 2.17. The summed E-state index contributed by atoms with van der Waals surface area (Å²) in [7, 11) is 3.35. The van der Waals surface area contributed by atoms with Crippen molar-refractivity contribution in [1.29, 1.82) is 0 Å². The Hall–Kier alpha value is -0.450. The molecule has 0 unspecified atom stereocenters. The maximum atomic E-state index is 5.25. The van der Waals surface area contributed by atoms with Crippen LogP contribution in [0.2, 0.25) is 0 Å². The van der Waals surface area contributed by atoms with Gasteiger partial charge in [0.25, 0.3) is 0 Å². The van der Waals surface area contributed by atoms with Crippen molar-refractivity contribution in [2.75, 3.05) is 14.2 Å². The molecule has 1 aromatic carbocycles. The summed E-state index contributed by atoms with van der Waals surface area (Å²) in [5.74, 6) is 1.77. The molecule has 0 saturated heterocycles. The Kier molecular flexibility index (Phi) is 3.84. The van der Waals surface area contributed by atoms with Crippen LogP contribution in [0.5, 0.6) is 11.5 Å². The van der Waals surface area contributed by atoms with Crippen molar-refractivity contribution in [2.24, 2.45) is 0 Å². The highest BCUT2D eigenvalue weighted by atomic mass is 127. The lowest BCUT2D eigenvalue weighted by atomic mass is 10.1. The van der Waals surface area contributed by atoms with Crippen LogP contribution in [0.1, 0.15) is 12.5 Å². The topological polar surface area (TPSA) is 18.5 Å². The number of aryl methyl sites for hydroxylation is 1. The fourth-order valence-electron chi connectivity index (χ4n) is 1.20. The third-order valence-electron chi connectivity index (χ3n) is 1.94. The highest BCUT2D eigenvalue weighted by Crippen LogP contribution is 2.30. The molecule has 3 heteroatoms. The van der Waals surface area contributed by atoms with Gasteiger partial charge in [0.1, 0.15) is 11.5 Å². The molecule has 1 rings (SSSR count). The Bertz CT molecular complexity index is 297. The third kappa shape index (κ3) is 2.27. The van der Waals surface area contributed by atoms with Gasteiger partial charge in [0.2, 0.25) is 0 Å². The van der Waals surface area contributed by atoms with Crippen LogP contribution in [0.4, 0.5) is 0 Å². The molecule has 0 aliphatic heterocycles. The van der Waals surface area contributed by atoms with Crippen LogP contribution in [0.15, 0.2) is 12.1 Å². The van der Waals surface area contributed by atoms with E-state index in [-0.39, 0.29) is 0 Å². The second kappa shape index (κ2) is 4.69. The van der Waals surface area contributed by atoms with Gasteiger partial charge in [0.15, 0.2) is 0 Å². The number of halogens is 1. The fraction of sp³-hybridized carbons (Fsp3) is 0.400. The standard InChI is InChI=1S/C10H13IO2/c1-4-7-5-8(11)10(13-3)6-9(7)12-2/h5-6H,4H2,1-3H3. The van der Waals surface area contributed by atoms with Crippen LogP contribution in [0, 0.1) is 3.57 Å². The predicted octanol–water partition coefficient (Wildman–Crippen LogP) is 2.87. The molecule has 0 aliphatic rings. The van der Waals surface area contributed by atoms with Crippen LogP contribution in [0.3, 0.4) is 0 Å². The number of benzene rings is 1. The van der Waals surface area contributed by atoms with Crippen LogP contribution >= 0.6 is 22.6 Å². The Morgan fingerprint density at radius 2 is 1.77 bits per heavy atom. The normalized spacial score (nSPS) is 9.85. The molecule has 0 N–H and O–H groups in total. The van der Waals surface area contributed by atoms with E-state index in [0.29, 0.717) is 0 Å². The predicted molar refractivity (Wildman–Crippen MR) is 61.6 cm³/mol. The fourth-order valence-corrected chi connectivity index (χ4v) is 1.95. The summed E-state index contributed by atoms with van der Waals surface area (Å²) in [5, 5.41) is 0. The maximum Gasteiger partial charge on any atom is 0.135 e. The van der Waals surface area contributed by atoms with Crippen molar-refractivity contribution in [3.63, 3.8) is 0 Å². The van der Waals surface area contributed by atoms with Gasteiger partial charge in [-0.3, -0.25) is 0 Å². The molecule has 0 radical (unpaired) electrons. The molecular weight excluding hydrogens is 279 g/mol. The molecule has 0 atom stereocenters. The van der Waals surface area contributed by atoms with E-state index in [1.165, 1.54) is 5.56 Å². The van der Waals surface area contributed by atoms with Gasteiger partial charge in [0.05, 0.1) is 17.8 Å². The highest BCUT2D eigenvalue weighted by molar-refractivity contribution is 14.1. The van der Waals surface area contributed by atoms with E-state index in [9.17, 15) is 0 Å². The number of ether oxygens (including phenoxy) is 2. The molecule has 1 aromatic rings. The van der Waals surface area contributed by atoms with Gasteiger partial charge in [-0.15, -0.1) is 0 Å². The quantitative estimate of drug-likeness (QED) is 0.798. The molecule has 13 heavy (non-hydrogen) atoms. The number of rotatable bonds is 3. The molecule has 0 aromatic heterocycles. The van der Waals surface area contributed by atoms with Crippen molar-refractivity contribution >= 4 is 22.6 Å². The minimum absolute atomic E-state index is 0.870. The number of hydrogen-bond acceptors (Lipinski definition) is 2. The first-order valence-electron chi connectivity index (χ1n) is 4.13. The molecule has 0 bridgehead atoms. The van der Waals surface area contributed by atoms with E-state index in [4.69, 9.17) is 9.47 Å². The summed E-state index contributed by atoms with van der Waals surface area (Å²) in [6.07, 6.45) is 0.975. The van der Waals surface area contributed by atoms with E-state index in [1.54, 1.807) is 14.2 Å². The zero-order chi connectivity index (χ0) is 9.84. The average molecular weight is 292 g/mol. The van der Waals surface area contributed by atoms with Crippen molar-refractivity contribution in [3.05, 3.63) is 21.3 Å². The molecule has 0 saturated carbocycles. The van der Waals surface area contributed by atoms with Crippen LogP contribution in [0.25, 0.3) is 0 Å². The van der Waals surface area contributed by atoms with E-state index in [0.717, 1.165) is 21.5 Å². The first kappa shape index (κ1) is 10.6. The Balaban J connectivity index is 3.18. The Morgan fingerprint density at radius 1 is 1.15 bits per heavy atom. The second-order valence-electron chi connectivity index (χ2n) is 2.65. The lowest BCUT2D eigenvalue weighted by Gasteiger charge is -2.10. The van der Waals surface area contributed by atoms with Crippen molar-refractivity contribution in [1.82, 2.24) is 0 Å². The van der Waals surface area contributed by atoms with Crippen molar-refractivity contribution in [2.45, 2.75) is 13.3 Å². The zero-order valence-electron chi connectivity index (χ0n) is 8.06. The van der Waals surface area contributed by atoms with Gasteiger partial charge in [-0.2, -0.15) is 0 Å². The molecule has 0 spiro atoms. The first-order chi connectivity index (χ1) is 6.22. The zero-order valence-corrected chi connectivity index (χ0v) is 10.2. The number of methoxy groups -OCH3 is 2. The summed E-state index contributed by atoms with van der Waals surface area (Å²) >= 11 is 2.26. The molecule has 0 aliphatic carbocycles. The van der Waals surface area contributed by atoms with E-state index >= 15 is 0 Å². The van der Waals surface area contributed by atoms with E-state index in [1.807, 2.05) is 6.07 Å². The monoisotopic (exact) mass is 292 g/mol. The minimum atomic E-state index is 0.870. The third-order valence-corrected chi connectivity index (χ3v) is 2.78. The highest BCUT2D eigenvalue weighted by Gasteiger charge is 2.07. The lowest BCUT2D eigenvalue weighted by molar-refractivity contribution is 0.389. The van der Waals surface area contributed by atoms with E-state index in [2.05, 4.69) is 35.6 Å².